The molecule has 1 fully saturated rings. The quantitative estimate of drug-likeness (QED) is 0.576. The highest BCUT2D eigenvalue weighted by molar-refractivity contribution is 6.15. The molecular weight excluding hydrogens is 443 g/mol. The molecule has 180 valence electrons. The van der Waals surface area contributed by atoms with Gasteiger partial charge in [-0.1, -0.05) is 38.0 Å². The Labute approximate surface area is 196 Å². The minimum atomic E-state index is -4.38. The van der Waals surface area contributed by atoms with Crippen LogP contribution in [0.4, 0.5) is 24.5 Å². The Morgan fingerprint density at radius 1 is 0.941 bits per heavy atom. The number of hydrogen-bond donors (Lipinski definition) is 2. The van der Waals surface area contributed by atoms with Crippen molar-refractivity contribution in [1.82, 2.24) is 0 Å². The van der Waals surface area contributed by atoms with E-state index in [4.69, 9.17) is 4.99 Å². The number of rotatable bonds is 4. The van der Waals surface area contributed by atoms with Crippen molar-refractivity contribution in [1.29, 1.82) is 0 Å². The first kappa shape index (κ1) is 24.0. The lowest BCUT2D eigenvalue weighted by atomic mass is 9.55. The zero-order valence-corrected chi connectivity index (χ0v) is 19.5. The lowest BCUT2D eigenvalue weighted by molar-refractivity contribution is -0.156. The average Bonchev–Trinajstić information content (AvgIpc) is 2.73. The molecule has 0 aromatic heterocycles. The summed E-state index contributed by atoms with van der Waals surface area (Å²) in [6.07, 6.45) is -2.98. The van der Waals surface area contributed by atoms with Gasteiger partial charge in [-0.3, -0.25) is 14.6 Å². The summed E-state index contributed by atoms with van der Waals surface area (Å²) in [5.74, 6) is -0.450. The summed E-state index contributed by atoms with van der Waals surface area (Å²) >= 11 is 0. The zero-order valence-electron chi connectivity index (χ0n) is 19.5. The Bertz CT molecular complexity index is 1160. The van der Waals surface area contributed by atoms with E-state index in [-0.39, 0.29) is 11.8 Å². The highest BCUT2D eigenvalue weighted by atomic mass is 19.4. The zero-order chi connectivity index (χ0) is 24.7. The van der Waals surface area contributed by atoms with E-state index >= 15 is 0 Å². The molecule has 0 bridgehead atoms. The maximum atomic E-state index is 13.9. The summed E-state index contributed by atoms with van der Waals surface area (Å²) in [5.41, 5.74) is 1.71. The fraction of sp³-hybridized carbons (Fsp3) is 0.423. The minimum absolute atomic E-state index is 0.208. The molecule has 0 spiro atoms. The maximum Gasteiger partial charge on any atom is 0.391 e. The van der Waals surface area contributed by atoms with Crippen molar-refractivity contribution in [3.63, 3.8) is 0 Å². The molecule has 1 aliphatic heterocycles. The van der Waals surface area contributed by atoms with Crippen molar-refractivity contribution in [3.05, 3.63) is 59.2 Å². The summed E-state index contributed by atoms with van der Waals surface area (Å²) < 4.78 is 41.8. The highest BCUT2D eigenvalue weighted by Crippen LogP contribution is 2.56. The van der Waals surface area contributed by atoms with Crippen LogP contribution in [-0.4, -0.2) is 29.2 Å². The lowest BCUT2D eigenvalue weighted by Gasteiger charge is -2.53. The van der Waals surface area contributed by atoms with Gasteiger partial charge in [-0.25, -0.2) is 0 Å². The van der Waals surface area contributed by atoms with E-state index < -0.39 is 23.6 Å². The molecular formula is C26H28F3N3O2. The standard InChI is InChI=1S/C26H28F3N3O2/c1-16(33)30-19-8-6-18(7-9-19)23-21-11-10-20(31-17(2)34)14-22(21)24(3)12-4-5-13-25(24,32-23)15-26(27,28)29/h6-11,14H,4-5,12-13,15H2,1-3H3,(H,30,33)(H,31,34)/t24-,25+/m0/s1. The summed E-state index contributed by atoms with van der Waals surface area (Å²) in [6, 6.07) is 12.4. The number of anilines is 2. The third-order valence-electron chi connectivity index (χ3n) is 7.03. The summed E-state index contributed by atoms with van der Waals surface area (Å²) in [4.78, 5) is 28.0. The van der Waals surface area contributed by atoms with E-state index in [1.165, 1.54) is 13.8 Å². The number of amides is 2. The van der Waals surface area contributed by atoms with E-state index in [2.05, 4.69) is 10.6 Å². The number of halogens is 3. The van der Waals surface area contributed by atoms with Gasteiger partial charge in [0.15, 0.2) is 0 Å². The Morgan fingerprint density at radius 3 is 2.15 bits per heavy atom. The number of benzene rings is 2. The van der Waals surface area contributed by atoms with Crippen molar-refractivity contribution in [2.24, 2.45) is 4.99 Å². The number of nitrogens with zero attached hydrogens (tertiary/aromatic N) is 1. The fourth-order valence-electron chi connectivity index (χ4n) is 5.52. The second-order valence-corrected chi connectivity index (χ2v) is 9.52. The molecule has 0 unspecified atom stereocenters. The normalized spacial score (nSPS) is 23.9. The monoisotopic (exact) mass is 471 g/mol. The predicted molar refractivity (Wildman–Crippen MR) is 126 cm³/mol. The second kappa shape index (κ2) is 8.56. The van der Waals surface area contributed by atoms with Crippen molar-refractivity contribution in [2.45, 2.75) is 70.0 Å². The van der Waals surface area contributed by atoms with Gasteiger partial charge in [0, 0.05) is 41.8 Å². The van der Waals surface area contributed by atoms with Gasteiger partial charge in [0.2, 0.25) is 11.8 Å². The van der Waals surface area contributed by atoms with Gasteiger partial charge in [-0.05, 0) is 42.7 Å². The average molecular weight is 472 g/mol. The fourth-order valence-corrected chi connectivity index (χ4v) is 5.52. The molecule has 34 heavy (non-hydrogen) atoms. The van der Waals surface area contributed by atoms with Crippen molar-refractivity contribution < 1.29 is 22.8 Å². The first-order valence-corrected chi connectivity index (χ1v) is 11.4. The van der Waals surface area contributed by atoms with Crippen LogP contribution in [0.3, 0.4) is 0 Å². The maximum absolute atomic E-state index is 13.9. The molecule has 1 heterocycles. The number of fused-ring (bicyclic) bond motifs is 3. The number of aliphatic imine (C=N–C) groups is 1. The molecule has 2 aliphatic rings. The number of hydrogen-bond acceptors (Lipinski definition) is 3. The first-order chi connectivity index (χ1) is 15.9. The van der Waals surface area contributed by atoms with E-state index in [1.54, 1.807) is 30.3 Å². The van der Waals surface area contributed by atoms with Crippen LogP contribution >= 0.6 is 0 Å². The molecule has 5 nitrogen and oxygen atoms in total. The van der Waals surface area contributed by atoms with Crippen LogP contribution in [0.15, 0.2) is 47.5 Å². The number of carbonyl (C=O) groups is 2. The topological polar surface area (TPSA) is 70.6 Å². The molecule has 2 amide bonds. The lowest BCUT2D eigenvalue weighted by Crippen LogP contribution is -2.56. The van der Waals surface area contributed by atoms with Crippen LogP contribution in [0.25, 0.3) is 0 Å². The number of nitrogens with one attached hydrogen (secondary N) is 2. The Hall–Kier alpha value is -3.16. The first-order valence-electron chi connectivity index (χ1n) is 11.4. The highest BCUT2D eigenvalue weighted by Gasteiger charge is 2.58. The molecule has 2 N–H and O–H groups in total. The predicted octanol–water partition coefficient (Wildman–Crippen LogP) is 5.98. The molecule has 4 rings (SSSR count). The van der Waals surface area contributed by atoms with Crippen LogP contribution in [-0.2, 0) is 15.0 Å². The van der Waals surface area contributed by atoms with Gasteiger partial charge in [0.05, 0.1) is 17.7 Å². The van der Waals surface area contributed by atoms with Gasteiger partial charge in [0.25, 0.3) is 0 Å². The second-order valence-electron chi connectivity index (χ2n) is 9.52. The Morgan fingerprint density at radius 2 is 1.53 bits per heavy atom. The third kappa shape index (κ3) is 4.45. The summed E-state index contributed by atoms with van der Waals surface area (Å²) in [7, 11) is 0. The van der Waals surface area contributed by atoms with Crippen LogP contribution in [0, 0.1) is 0 Å². The molecule has 1 aliphatic carbocycles. The van der Waals surface area contributed by atoms with Gasteiger partial charge >= 0.3 is 6.18 Å². The number of carbonyl (C=O) groups excluding carboxylic acids is 2. The summed E-state index contributed by atoms with van der Waals surface area (Å²) in [6.45, 7) is 4.69. The number of alkyl halides is 3. The van der Waals surface area contributed by atoms with Crippen molar-refractivity contribution in [3.8, 4) is 0 Å². The van der Waals surface area contributed by atoms with Crippen LogP contribution in [0.5, 0.6) is 0 Å². The molecule has 1 saturated carbocycles. The summed E-state index contributed by atoms with van der Waals surface area (Å²) in [5, 5.41) is 5.47. The van der Waals surface area contributed by atoms with E-state index in [0.717, 1.165) is 17.5 Å². The molecule has 8 heteroatoms. The molecule has 2 aromatic carbocycles. The molecule has 2 aromatic rings. The van der Waals surface area contributed by atoms with Gasteiger partial charge < -0.3 is 10.6 Å². The van der Waals surface area contributed by atoms with Crippen molar-refractivity contribution >= 4 is 28.9 Å². The van der Waals surface area contributed by atoms with Crippen LogP contribution in [0.2, 0.25) is 0 Å². The minimum Gasteiger partial charge on any atom is -0.326 e. The molecule has 0 saturated heterocycles. The van der Waals surface area contributed by atoms with Crippen LogP contribution in [0.1, 0.15) is 69.6 Å². The molecule has 0 radical (unpaired) electrons. The van der Waals surface area contributed by atoms with Crippen LogP contribution < -0.4 is 10.6 Å². The van der Waals surface area contributed by atoms with Gasteiger partial charge in [0.1, 0.15) is 0 Å². The Balaban J connectivity index is 1.92. The molecule has 2 atom stereocenters. The Kier molecular flexibility index (Phi) is 6.04. The van der Waals surface area contributed by atoms with Gasteiger partial charge in [-0.2, -0.15) is 13.2 Å². The SMILES string of the molecule is CC(=O)Nc1ccc(C2=N[C@@]3(CC(F)(F)F)CCCC[C@@]3(C)c3cc(NC(C)=O)ccc32)cc1. The smallest absolute Gasteiger partial charge is 0.326 e. The van der Waals surface area contributed by atoms with Crippen molar-refractivity contribution in [2.75, 3.05) is 10.6 Å². The van der Waals surface area contributed by atoms with Gasteiger partial charge in [-0.15, -0.1) is 0 Å². The largest absolute Gasteiger partial charge is 0.391 e. The van der Waals surface area contributed by atoms with E-state index in [9.17, 15) is 22.8 Å². The third-order valence-corrected chi connectivity index (χ3v) is 7.03. The van der Waals surface area contributed by atoms with E-state index in [1.807, 2.05) is 19.1 Å². The van der Waals surface area contributed by atoms with E-state index in [0.29, 0.717) is 41.9 Å².